The third-order valence-electron chi connectivity index (χ3n) is 2.25. The van der Waals surface area contributed by atoms with Gasteiger partial charge in [0, 0.05) is 6.54 Å². The van der Waals surface area contributed by atoms with E-state index in [4.69, 9.17) is 22.4 Å². The highest BCUT2D eigenvalue weighted by atomic mass is 35.5. The maximum atomic E-state index is 12.8. The third kappa shape index (κ3) is 1.98. The van der Waals surface area contributed by atoms with Gasteiger partial charge in [-0.2, -0.15) is 18.3 Å². The van der Waals surface area contributed by atoms with Crippen molar-refractivity contribution in [3.63, 3.8) is 0 Å². The Balaban J connectivity index is 3.54. The molecule has 0 fully saturated rings. The molecule has 0 bridgehead atoms. The Hall–Kier alpha value is -1.28. The van der Waals surface area contributed by atoms with Crippen LogP contribution in [0.1, 0.15) is 12.6 Å². The van der Waals surface area contributed by atoms with Gasteiger partial charge in [0.25, 0.3) is 5.54 Å². The van der Waals surface area contributed by atoms with Crippen molar-refractivity contribution >= 4 is 17.6 Å². The average Bonchev–Trinajstić information content (AvgIpc) is 2.56. The molecule has 1 unspecified atom stereocenters. The van der Waals surface area contributed by atoms with Crippen LogP contribution in [-0.2, 0) is 16.9 Å². The molecule has 0 aromatic carbocycles. The number of aryl methyl sites for hydroxylation is 1. The van der Waals surface area contributed by atoms with Crippen LogP contribution in [0.25, 0.3) is 0 Å². The zero-order chi connectivity index (χ0) is 13.4. The summed E-state index contributed by atoms with van der Waals surface area (Å²) >= 11 is 5.53. The fraction of sp³-hybridized carbons (Fsp3) is 0.500. The minimum atomic E-state index is -5.19. The number of hydrogen-bond acceptors (Lipinski definition) is 3. The van der Waals surface area contributed by atoms with Gasteiger partial charge in [-0.1, -0.05) is 11.6 Å². The van der Waals surface area contributed by atoms with E-state index < -0.39 is 28.4 Å². The Kier molecular flexibility index (Phi) is 3.40. The largest absolute Gasteiger partial charge is 0.479 e. The normalized spacial score (nSPS) is 15.6. The van der Waals surface area contributed by atoms with Crippen LogP contribution in [0, 0.1) is 0 Å². The van der Waals surface area contributed by atoms with Crippen LogP contribution in [0.3, 0.4) is 0 Å². The smallest absolute Gasteiger partial charge is 0.423 e. The van der Waals surface area contributed by atoms with Gasteiger partial charge in [0.1, 0.15) is 0 Å². The van der Waals surface area contributed by atoms with Crippen LogP contribution in [-0.4, -0.2) is 27.0 Å². The number of nitrogens with zero attached hydrogens (tertiary/aromatic N) is 2. The highest BCUT2D eigenvalue weighted by Gasteiger charge is 2.62. The van der Waals surface area contributed by atoms with Crippen molar-refractivity contribution in [1.82, 2.24) is 9.78 Å². The number of aromatic nitrogens is 2. The molecule has 0 aliphatic heterocycles. The second kappa shape index (κ2) is 4.19. The van der Waals surface area contributed by atoms with Gasteiger partial charge in [-0.3, -0.25) is 4.68 Å². The topological polar surface area (TPSA) is 81.1 Å². The molecule has 0 aliphatic carbocycles. The van der Waals surface area contributed by atoms with E-state index in [1.54, 1.807) is 0 Å². The van der Waals surface area contributed by atoms with Crippen molar-refractivity contribution in [1.29, 1.82) is 0 Å². The van der Waals surface area contributed by atoms with Gasteiger partial charge in [0.2, 0.25) is 0 Å². The van der Waals surface area contributed by atoms with Crippen LogP contribution in [0.2, 0.25) is 5.02 Å². The first-order valence-corrected chi connectivity index (χ1v) is 4.84. The molecule has 0 amide bonds. The number of carboxylic acids is 1. The predicted molar refractivity (Wildman–Crippen MR) is 52.5 cm³/mol. The molecule has 1 heterocycles. The first-order chi connectivity index (χ1) is 7.66. The number of nitrogens with two attached hydrogens (primary N) is 1. The van der Waals surface area contributed by atoms with Gasteiger partial charge in [-0.05, 0) is 6.92 Å². The molecular weight excluding hydrogens is 263 g/mol. The van der Waals surface area contributed by atoms with Crippen LogP contribution < -0.4 is 5.73 Å². The first-order valence-electron chi connectivity index (χ1n) is 4.47. The summed E-state index contributed by atoms with van der Waals surface area (Å²) in [6, 6.07) is 0. The second-order valence-electron chi connectivity index (χ2n) is 3.27. The standard InChI is InChI=1S/C8H9ClF3N3O2/c1-2-15-5(4(9)3-14-15)7(13,6(16)17)8(10,11)12/h3H,2,13H2,1H3,(H,16,17). The fourth-order valence-electron chi connectivity index (χ4n) is 1.35. The van der Waals surface area contributed by atoms with Gasteiger partial charge in [-0.15, -0.1) is 0 Å². The van der Waals surface area contributed by atoms with E-state index in [0.29, 0.717) is 0 Å². The van der Waals surface area contributed by atoms with Crippen molar-refractivity contribution in [2.75, 3.05) is 0 Å². The van der Waals surface area contributed by atoms with Gasteiger partial charge in [0.15, 0.2) is 0 Å². The SMILES string of the molecule is CCn1ncc(Cl)c1C(N)(C(=O)O)C(F)(F)F. The van der Waals surface area contributed by atoms with E-state index in [1.165, 1.54) is 6.92 Å². The summed E-state index contributed by atoms with van der Waals surface area (Å²) in [5.74, 6) is -2.23. The summed E-state index contributed by atoms with van der Waals surface area (Å²) in [6.45, 7) is 1.51. The molecule has 0 radical (unpaired) electrons. The Bertz CT molecular complexity index is 446. The quantitative estimate of drug-likeness (QED) is 0.870. The van der Waals surface area contributed by atoms with Crippen molar-refractivity contribution in [3.8, 4) is 0 Å². The Labute approximate surface area is 99.0 Å². The van der Waals surface area contributed by atoms with E-state index in [1.807, 2.05) is 0 Å². The predicted octanol–water partition coefficient (Wildman–Crippen LogP) is 1.36. The van der Waals surface area contributed by atoms with E-state index >= 15 is 0 Å². The fourth-order valence-corrected chi connectivity index (χ4v) is 1.64. The number of aliphatic carboxylic acids is 1. The lowest BCUT2D eigenvalue weighted by atomic mass is 9.95. The number of carboxylic acid groups (broad SMARTS) is 1. The van der Waals surface area contributed by atoms with E-state index in [0.717, 1.165) is 10.9 Å². The summed E-state index contributed by atoms with van der Waals surface area (Å²) in [5, 5.41) is 11.8. The zero-order valence-electron chi connectivity index (χ0n) is 8.62. The third-order valence-corrected chi connectivity index (χ3v) is 2.53. The summed E-state index contributed by atoms with van der Waals surface area (Å²) < 4.78 is 39.2. The summed E-state index contributed by atoms with van der Waals surface area (Å²) in [7, 11) is 0. The molecule has 0 spiro atoms. The van der Waals surface area contributed by atoms with Gasteiger partial charge in [0.05, 0.1) is 16.9 Å². The molecule has 1 aromatic heterocycles. The maximum Gasteiger partial charge on any atom is 0.423 e. The molecule has 3 N–H and O–H groups in total. The van der Waals surface area contributed by atoms with Crippen LogP contribution >= 0.6 is 11.6 Å². The molecular formula is C8H9ClF3N3O2. The van der Waals surface area contributed by atoms with Gasteiger partial charge < -0.3 is 10.8 Å². The summed E-state index contributed by atoms with van der Waals surface area (Å²) in [6.07, 6.45) is -4.26. The van der Waals surface area contributed by atoms with E-state index in [2.05, 4.69) is 5.10 Å². The van der Waals surface area contributed by atoms with Crippen molar-refractivity contribution in [2.24, 2.45) is 5.73 Å². The number of hydrogen-bond donors (Lipinski definition) is 2. The van der Waals surface area contributed by atoms with Crippen molar-refractivity contribution < 1.29 is 23.1 Å². The molecule has 96 valence electrons. The van der Waals surface area contributed by atoms with E-state index in [-0.39, 0.29) is 6.54 Å². The number of rotatable bonds is 3. The molecule has 0 saturated carbocycles. The summed E-state index contributed by atoms with van der Waals surface area (Å²) in [4.78, 5) is 10.8. The monoisotopic (exact) mass is 271 g/mol. The number of halogens is 4. The second-order valence-corrected chi connectivity index (χ2v) is 3.68. The summed E-state index contributed by atoms with van der Waals surface area (Å²) in [5.41, 5.74) is 0.642. The molecule has 5 nitrogen and oxygen atoms in total. The van der Waals surface area contributed by atoms with Gasteiger partial charge >= 0.3 is 12.1 Å². The lowest BCUT2D eigenvalue weighted by Crippen LogP contribution is -2.57. The lowest BCUT2D eigenvalue weighted by Gasteiger charge is -2.28. The van der Waals surface area contributed by atoms with Crippen molar-refractivity contribution in [3.05, 3.63) is 16.9 Å². The zero-order valence-corrected chi connectivity index (χ0v) is 9.38. The minimum absolute atomic E-state index is 0.0182. The Morgan fingerprint density at radius 3 is 2.53 bits per heavy atom. The molecule has 1 rings (SSSR count). The van der Waals surface area contributed by atoms with Gasteiger partial charge in [-0.25, -0.2) is 4.79 Å². The molecule has 1 aromatic rings. The molecule has 0 saturated heterocycles. The molecule has 9 heteroatoms. The van der Waals surface area contributed by atoms with Crippen LogP contribution in [0.15, 0.2) is 6.20 Å². The molecule has 17 heavy (non-hydrogen) atoms. The van der Waals surface area contributed by atoms with E-state index in [9.17, 15) is 18.0 Å². The highest BCUT2D eigenvalue weighted by molar-refractivity contribution is 6.31. The minimum Gasteiger partial charge on any atom is -0.479 e. The van der Waals surface area contributed by atoms with Crippen LogP contribution in [0.5, 0.6) is 0 Å². The maximum absolute atomic E-state index is 12.8. The van der Waals surface area contributed by atoms with Crippen LogP contribution in [0.4, 0.5) is 13.2 Å². The first kappa shape index (κ1) is 13.8. The lowest BCUT2D eigenvalue weighted by molar-refractivity contribution is -0.206. The number of carbonyl (C=O) groups is 1. The van der Waals surface area contributed by atoms with Crippen molar-refractivity contribution in [2.45, 2.75) is 25.2 Å². The molecule has 1 atom stereocenters. The Morgan fingerprint density at radius 2 is 2.18 bits per heavy atom. The average molecular weight is 272 g/mol. The molecule has 0 aliphatic rings. The highest BCUT2D eigenvalue weighted by Crippen LogP contribution is 2.39. The Morgan fingerprint density at radius 1 is 1.65 bits per heavy atom. The number of alkyl halides is 3.